The van der Waals surface area contributed by atoms with Gasteiger partial charge in [-0.05, 0) is 0 Å². The fraction of sp³-hybridized carbons (Fsp3) is 0. The minimum absolute atomic E-state index is 0. The first-order chi connectivity index (χ1) is 2.00. The van der Waals surface area contributed by atoms with Crippen LogP contribution in [0.15, 0.2) is 0 Å². The van der Waals surface area contributed by atoms with Gasteiger partial charge in [0.05, 0.1) is 0 Å². The van der Waals surface area contributed by atoms with Crippen LogP contribution in [0.4, 0.5) is 0 Å². The molecule has 0 unspecified atom stereocenters. The molecule has 3 nitrogen and oxygen atoms in total. The van der Waals surface area contributed by atoms with Crippen LogP contribution in [0.3, 0.4) is 0 Å². The molecule has 0 radical (unpaired) electrons. The fourth-order valence-corrected chi connectivity index (χ4v) is 0. The second kappa shape index (κ2) is 6.21. The van der Waals surface area contributed by atoms with Gasteiger partial charge in [-0.25, -0.2) is 0 Å². The molecule has 0 spiro atoms. The van der Waals surface area contributed by atoms with Gasteiger partial charge in [-0.1, -0.05) is 0 Å². The monoisotopic (exact) mass is 262 g/mol. The Morgan fingerprint density at radius 2 is 1.57 bits per heavy atom. The summed E-state index contributed by atoms with van der Waals surface area (Å²) in [5, 5.41) is 0. The summed E-state index contributed by atoms with van der Waals surface area (Å²) in [5.74, 6) is 0. The van der Waals surface area contributed by atoms with E-state index in [4.69, 9.17) is 13.3 Å². The van der Waals surface area contributed by atoms with Crippen LogP contribution in [-0.2, 0) is 20.2 Å². The van der Waals surface area contributed by atoms with Crippen LogP contribution in [-0.4, -0.2) is 37.2 Å². The Morgan fingerprint density at radius 1 is 1.57 bits per heavy atom. The van der Waals surface area contributed by atoms with Crippen LogP contribution in [0.2, 0.25) is 0 Å². The first kappa shape index (κ1) is 16.0. The Bertz CT molecular complexity index is 100. The summed E-state index contributed by atoms with van der Waals surface area (Å²) < 4.78 is 24.0. The molecule has 0 fully saturated rings. The molecule has 0 bridgehead atoms. The molecule has 42 valence electrons. The molecule has 0 amide bonds. The Balaban J connectivity index is -0.0000000267. The van der Waals surface area contributed by atoms with Crippen LogP contribution < -0.4 is 29.6 Å². The van der Waals surface area contributed by atoms with Crippen molar-refractivity contribution in [2.75, 3.05) is 0 Å². The van der Waals surface area contributed by atoms with Gasteiger partial charge in [0.25, 0.3) is 9.05 Å². The van der Waals surface area contributed by atoms with Crippen molar-refractivity contribution >= 4 is 44.1 Å². The third-order valence-electron chi connectivity index (χ3n) is 0. The standard InChI is InChI=1S/Na.H2O3S2.Sn.5H/c;1-5(2,3)4;;;;;;/h;(H2,1,2,3,4);;;;;;/q+1;;;;;;;-1. The maximum atomic E-state index is 9.11. The van der Waals surface area contributed by atoms with E-state index in [9.17, 15) is 0 Å². The number of hydrogen-bond donors (Lipinski definition) is 2. The van der Waals surface area contributed by atoms with E-state index in [0.29, 0.717) is 0 Å². The molecule has 0 aliphatic carbocycles. The van der Waals surface area contributed by atoms with Crippen molar-refractivity contribution < 1.29 is 44.3 Å². The van der Waals surface area contributed by atoms with Gasteiger partial charge in [0.15, 0.2) is 0 Å². The van der Waals surface area contributed by atoms with E-state index in [-0.39, 0.29) is 54.9 Å². The van der Waals surface area contributed by atoms with E-state index in [1.54, 1.807) is 0 Å². The molecule has 0 atom stereocenters. The molecule has 0 saturated carbocycles. The van der Waals surface area contributed by atoms with Crippen LogP contribution >= 0.6 is 0 Å². The van der Waals surface area contributed by atoms with Gasteiger partial charge >= 0.3 is 53.5 Å². The summed E-state index contributed by atoms with van der Waals surface area (Å²) >= 11 is 3.47. The average molecular weight is 261 g/mol. The van der Waals surface area contributed by atoms with Crippen molar-refractivity contribution in [3.63, 3.8) is 0 Å². The Kier molecular flexibility index (Phi) is 14.2. The zero-order valence-corrected chi connectivity index (χ0v) is 6.75. The second-order valence-electron chi connectivity index (χ2n) is 0.448. The third-order valence-corrected chi connectivity index (χ3v) is 0. The van der Waals surface area contributed by atoms with E-state index < -0.39 is 9.05 Å². The topological polar surface area (TPSA) is 57.5 Å². The van der Waals surface area contributed by atoms with Crippen LogP contribution in [0, 0.1) is 0 Å². The SMILES string of the molecule is O=S(O)(O)=S.[H-].[Na+].[SnH4]. The molecule has 0 aromatic heterocycles. The normalized spacial score (nSPS) is 8.29. The van der Waals surface area contributed by atoms with Crippen LogP contribution in [0.25, 0.3) is 0 Å². The van der Waals surface area contributed by atoms with E-state index in [1.165, 1.54) is 0 Å². The molecule has 2 N–H and O–H groups in total. The number of rotatable bonds is 0. The molecule has 7 heavy (non-hydrogen) atoms. The van der Waals surface area contributed by atoms with Gasteiger partial charge in [0, 0.05) is 11.2 Å². The van der Waals surface area contributed by atoms with E-state index in [0.717, 1.165) is 0 Å². The quantitative estimate of drug-likeness (QED) is 0.430. The zero-order valence-electron chi connectivity index (χ0n) is 4.12. The first-order valence-corrected chi connectivity index (χ1v) is 3.10. The molecule has 7 heteroatoms. The number of hydrogen-bond acceptors (Lipinski definition) is 2. The molecular weight excluding hydrogens is 254 g/mol. The van der Waals surface area contributed by atoms with Gasteiger partial charge in [-0.15, -0.1) is 0 Å². The molecule has 0 aliphatic rings. The van der Waals surface area contributed by atoms with E-state index >= 15 is 0 Å². The van der Waals surface area contributed by atoms with Gasteiger partial charge in [0.1, 0.15) is 0 Å². The van der Waals surface area contributed by atoms with Crippen molar-refractivity contribution in [2.45, 2.75) is 0 Å². The van der Waals surface area contributed by atoms with Crippen molar-refractivity contribution in [3.05, 3.63) is 0 Å². The van der Waals surface area contributed by atoms with Gasteiger partial charge in [-0.2, -0.15) is 4.21 Å². The summed E-state index contributed by atoms with van der Waals surface area (Å²) in [4.78, 5) is 0. The maximum absolute atomic E-state index is 9.11. The Morgan fingerprint density at radius 3 is 1.57 bits per heavy atom. The predicted octanol–water partition coefficient (Wildman–Crippen LogP) is -4.66. The van der Waals surface area contributed by atoms with Crippen LogP contribution in [0.1, 0.15) is 1.43 Å². The molecule has 0 aromatic carbocycles. The minimum atomic E-state index is -3.83. The Hall–Kier alpha value is 2.09. The summed E-state index contributed by atoms with van der Waals surface area (Å²) in [6.45, 7) is 0. The van der Waals surface area contributed by atoms with Crippen molar-refractivity contribution in [3.8, 4) is 0 Å². The summed E-state index contributed by atoms with van der Waals surface area (Å²) in [5.41, 5.74) is 0. The molecular formula is H7NaO3S2Sn. The first-order valence-electron chi connectivity index (χ1n) is 0.698. The zero-order chi connectivity index (χ0) is 4.50. The summed E-state index contributed by atoms with van der Waals surface area (Å²) in [7, 11) is -3.83. The molecule has 0 heterocycles. The molecule has 0 aliphatic heterocycles. The Labute approximate surface area is 87.3 Å². The predicted molar refractivity (Wildman–Crippen MR) is 33.2 cm³/mol. The van der Waals surface area contributed by atoms with Gasteiger partial charge in [0.2, 0.25) is 0 Å². The second-order valence-corrected chi connectivity index (χ2v) is 2.65. The van der Waals surface area contributed by atoms with Crippen LogP contribution in [0.5, 0.6) is 0 Å². The van der Waals surface area contributed by atoms with E-state index in [2.05, 4.69) is 11.2 Å². The molecule has 0 aromatic rings. The third kappa shape index (κ3) is 68.7. The fourth-order valence-electron chi connectivity index (χ4n) is 0. The molecule has 0 rings (SSSR count). The van der Waals surface area contributed by atoms with Gasteiger partial charge in [-0.3, -0.25) is 9.11 Å². The van der Waals surface area contributed by atoms with Crippen molar-refractivity contribution in [1.29, 1.82) is 0 Å². The summed E-state index contributed by atoms with van der Waals surface area (Å²) in [6.07, 6.45) is 0. The van der Waals surface area contributed by atoms with E-state index in [1.807, 2.05) is 0 Å². The van der Waals surface area contributed by atoms with Crippen molar-refractivity contribution in [2.24, 2.45) is 0 Å². The van der Waals surface area contributed by atoms with Gasteiger partial charge < -0.3 is 1.43 Å². The molecule has 0 saturated heterocycles. The average Bonchev–Trinajstić information content (AvgIpc) is 0.722. The van der Waals surface area contributed by atoms with Crippen molar-refractivity contribution in [1.82, 2.24) is 0 Å². The summed E-state index contributed by atoms with van der Waals surface area (Å²) in [6, 6.07) is 0.